The van der Waals surface area contributed by atoms with Crippen LogP contribution in [0.5, 0.6) is 0 Å². The topological polar surface area (TPSA) is 75.2 Å². The van der Waals surface area contributed by atoms with Gasteiger partial charge in [0, 0.05) is 19.1 Å². The van der Waals surface area contributed by atoms with Gasteiger partial charge < -0.3 is 4.90 Å². The first-order valence-corrected chi connectivity index (χ1v) is 10.3. The zero-order valence-corrected chi connectivity index (χ0v) is 14.2. The maximum absolute atomic E-state index is 12.0. The van der Waals surface area contributed by atoms with Gasteiger partial charge in [-0.15, -0.1) is 5.10 Å². The first-order chi connectivity index (χ1) is 11.1. The van der Waals surface area contributed by atoms with Crippen LogP contribution in [-0.2, 0) is 22.9 Å². The van der Waals surface area contributed by atoms with E-state index in [4.69, 9.17) is 0 Å². The predicted octanol–water partition coefficient (Wildman–Crippen LogP) is 1.41. The van der Waals surface area contributed by atoms with Crippen molar-refractivity contribution in [3.8, 4) is 0 Å². The second-order valence-corrected chi connectivity index (χ2v) is 9.00. The molecule has 0 amide bonds. The first kappa shape index (κ1) is 15.3. The molecule has 0 unspecified atom stereocenters. The lowest BCUT2D eigenvalue weighted by atomic mass is 9.96. The van der Waals surface area contributed by atoms with Crippen LogP contribution in [0.15, 0.2) is 6.07 Å². The van der Waals surface area contributed by atoms with Crippen molar-refractivity contribution in [3.05, 3.63) is 17.3 Å². The largest absolute Gasteiger partial charge is 0.355 e. The van der Waals surface area contributed by atoms with Gasteiger partial charge in [0.1, 0.15) is 0 Å². The minimum absolute atomic E-state index is 0.0717. The highest BCUT2D eigenvalue weighted by atomic mass is 32.2. The highest BCUT2D eigenvalue weighted by Crippen LogP contribution is 2.29. The Bertz CT molecular complexity index is 679. The fourth-order valence-electron chi connectivity index (χ4n) is 3.57. The molecule has 2 fully saturated rings. The van der Waals surface area contributed by atoms with Crippen molar-refractivity contribution in [2.75, 3.05) is 18.0 Å². The van der Waals surface area contributed by atoms with Gasteiger partial charge in [0.15, 0.2) is 5.82 Å². The average Bonchev–Trinajstić information content (AvgIpc) is 3.40. The smallest absolute Gasteiger partial charge is 0.214 e. The van der Waals surface area contributed by atoms with Crippen LogP contribution in [0, 0.1) is 0 Å². The fourth-order valence-corrected chi connectivity index (χ4v) is 5.22. The highest BCUT2D eigenvalue weighted by molar-refractivity contribution is 7.90. The van der Waals surface area contributed by atoms with Gasteiger partial charge >= 0.3 is 0 Å². The summed E-state index contributed by atoms with van der Waals surface area (Å²) >= 11 is 0. The molecule has 6 nitrogen and oxygen atoms in total. The lowest BCUT2D eigenvalue weighted by Crippen LogP contribution is -2.45. The minimum Gasteiger partial charge on any atom is -0.355 e. The Balaban J connectivity index is 1.37. The molecule has 0 aromatic carbocycles. The van der Waals surface area contributed by atoms with E-state index in [1.165, 1.54) is 18.4 Å². The van der Waals surface area contributed by atoms with E-state index >= 15 is 0 Å². The van der Waals surface area contributed by atoms with E-state index in [9.17, 15) is 8.42 Å². The Kier molecular flexibility index (Phi) is 4.01. The summed E-state index contributed by atoms with van der Waals surface area (Å²) in [5.41, 5.74) is 2.50. The molecule has 3 aliphatic rings. The highest BCUT2D eigenvalue weighted by Gasteiger charge is 2.37. The molecule has 1 aromatic rings. The van der Waals surface area contributed by atoms with Crippen LogP contribution >= 0.6 is 0 Å². The molecule has 4 rings (SSSR count). The second kappa shape index (κ2) is 6.02. The van der Waals surface area contributed by atoms with Crippen molar-refractivity contribution < 1.29 is 8.42 Å². The number of fused-ring (bicyclic) bond motifs is 1. The van der Waals surface area contributed by atoms with Gasteiger partial charge in [-0.05, 0) is 63.0 Å². The third kappa shape index (κ3) is 3.35. The zero-order chi connectivity index (χ0) is 15.9. The number of anilines is 1. The zero-order valence-electron chi connectivity index (χ0n) is 13.4. The number of aromatic nitrogens is 2. The van der Waals surface area contributed by atoms with Crippen LogP contribution in [0.1, 0.15) is 49.8 Å². The van der Waals surface area contributed by atoms with E-state index in [2.05, 4.69) is 25.9 Å². The molecule has 0 atom stereocenters. The fraction of sp³-hybridized carbons (Fsp3) is 0.750. The molecule has 2 aliphatic carbocycles. The SMILES string of the molecule is O=S(=O)(NC1CCN(c2cc3c(nn2)CCCC3)CC1)C1CC1. The molecular weight excluding hydrogens is 312 g/mol. The molecule has 1 saturated heterocycles. The van der Waals surface area contributed by atoms with Gasteiger partial charge in [0.25, 0.3) is 0 Å². The molecule has 0 spiro atoms. The molecule has 1 saturated carbocycles. The van der Waals surface area contributed by atoms with Crippen LogP contribution in [0.4, 0.5) is 5.82 Å². The average molecular weight is 336 g/mol. The number of sulfonamides is 1. The number of piperidine rings is 1. The van der Waals surface area contributed by atoms with Gasteiger partial charge in [-0.25, -0.2) is 13.1 Å². The van der Waals surface area contributed by atoms with Crippen molar-refractivity contribution in [3.63, 3.8) is 0 Å². The summed E-state index contributed by atoms with van der Waals surface area (Å²) in [6.45, 7) is 1.68. The summed E-state index contributed by atoms with van der Waals surface area (Å²) in [4.78, 5) is 2.24. The van der Waals surface area contributed by atoms with E-state index in [1.807, 2.05) is 0 Å². The van der Waals surface area contributed by atoms with E-state index in [0.29, 0.717) is 0 Å². The maximum atomic E-state index is 12.0. The second-order valence-electron chi connectivity index (χ2n) is 7.01. The number of rotatable bonds is 4. The quantitative estimate of drug-likeness (QED) is 0.900. The summed E-state index contributed by atoms with van der Waals surface area (Å²) in [5.74, 6) is 0.953. The Morgan fingerprint density at radius 1 is 1.04 bits per heavy atom. The summed E-state index contributed by atoms with van der Waals surface area (Å²) in [7, 11) is -3.08. The Morgan fingerprint density at radius 3 is 2.52 bits per heavy atom. The predicted molar refractivity (Wildman–Crippen MR) is 89.0 cm³/mol. The number of aryl methyl sites for hydroxylation is 2. The number of hydrogen-bond donors (Lipinski definition) is 1. The molecule has 7 heteroatoms. The molecule has 0 bridgehead atoms. The van der Waals surface area contributed by atoms with Crippen molar-refractivity contribution in [2.45, 2.75) is 62.7 Å². The van der Waals surface area contributed by atoms with Crippen LogP contribution < -0.4 is 9.62 Å². The van der Waals surface area contributed by atoms with Crippen molar-refractivity contribution in [2.24, 2.45) is 0 Å². The standard InChI is InChI=1S/C16H24N4O2S/c21-23(22,14-5-6-14)19-13-7-9-20(10-8-13)16-11-12-3-1-2-4-15(12)17-18-16/h11,13-14,19H,1-10H2. The maximum Gasteiger partial charge on any atom is 0.214 e. The summed E-state index contributed by atoms with van der Waals surface area (Å²) in [6, 6.07) is 2.26. The Hall–Kier alpha value is -1.21. The molecule has 1 aromatic heterocycles. The van der Waals surface area contributed by atoms with E-state index < -0.39 is 10.0 Å². The van der Waals surface area contributed by atoms with Crippen molar-refractivity contribution in [1.29, 1.82) is 0 Å². The van der Waals surface area contributed by atoms with Gasteiger partial charge in [0.05, 0.1) is 10.9 Å². The van der Waals surface area contributed by atoms with Crippen LogP contribution in [0.2, 0.25) is 0 Å². The van der Waals surface area contributed by atoms with Gasteiger partial charge in [-0.1, -0.05) is 0 Å². The molecule has 2 heterocycles. The molecular formula is C16H24N4O2S. The molecule has 1 N–H and O–H groups in total. The monoisotopic (exact) mass is 336 g/mol. The first-order valence-electron chi connectivity index (χ1n) is 8.73. The van der Waals surface area contributed by atoms with E-state index in [-0.39, 0.29) is 11.3 Å². The van der Waals surface area contributed by atoms with Crippen LogP contribution in [-0.4, -0.2) is 43.0 Å². The number of hydrogen-bond acceptors (Lipinski definition) is 5. The Labute approximate surface area is 137 Å². The van der Waals surface area contributed by atoms with Crippen molar-refractivity contribution in [1.82, 2.24) is 14.9 Å². The molecule has 1 aliphatic heterocycles. The Morgan fingerprint density at radius 2 is 1.78 bits per heavy atom. The number of nitrogens with one attached hydrogen (secondary N) is 1. The minimum atomic E-state index is -3.08. The molecule has 126 valence electrons. The number of nitrogens with zero attached hydrogens (tertiary/aromatic N) is 3. The lowest BCUT2D eigenvalue weighted by Gasteiger charge is -2.33. The summed E-state index contributed by atoms with van der Waals surface area (Å²) in [6.07, 6.45) is 7.92. The van der Waals surface area contributed by atoms with Gasteiger partial charge in [-0.3, -0.25) is 0 Å². The third-order valence-corrected chi connectivity index (χ3v) is 7.18. The summed E-state index contributed by atoms with van der Waals surface area (Å²) < 4.78 is 26.9. The van der Waals surface area contributed by atoms with Crippen LogP contribution in [0.3, 0.4) is 0 Å². The lowest BCUT2D eigenvalue weighted by molar-refractivity contribution is 0.457. The van der Waals surface area contributed by atoms with Crippen molar-refractivity contribution >= 4 is 15.8 Å². The third-order valence-electron chi connectivity index (χ3n) is 5.17. The van der Waals surface area contributed by atoms with Gasteiger partial charge in [-0.2, -0.15) is 5.10 Å². The van der Waals surface area contributed by atoms with Crippen LogP contribution in [0.25, 0.3) is 0 Å². The molecule has 23 heavy (non-hydrogen) atoms. The van der Waals surface area contributed by atoms with E-state index in [1.54, 1.807) is 0 Å². The summed E-state index contributed by atoms with van der Waals surface area (Å²) in [5, 5.41) is 8.66. The van der Waals surface area contributed by atoms with E-state index in [0.717, 1.165) is 63.1 Å². The normalized spacial score (nSPS) is 22.9. The molecule has 0 radical (unpaired) electrons. The van der Waals surface area contributed by atoms with Gasteiger partial charge in [0.2, 0.25) is 10.0 Å².